The number of benzene rings is 2. The molecule has 0 heterocycles. The van der Waals surface area contributed by atoms with E-state index in [-0.39, 0.29) is 11.1 Å². The lowest BCUT2D eigenvalue weighted by Gasteiger charge is -2.09. The number of rotatable bonds is 3. The van der Waals surface area contributed by atoms with Gasteiger partial charge >= 0.3 is 0 Å². The van der Waals surface area contributed by atoms with Gasteiger partial charge in [0.25, 0.3) is 6.43 Å². The van der Waals surface area contributed by atoms with Crippen LogP contribution in [0.4, 0.5) is 17.6 Å². The molecule has 19 heavy (non-hydrogen) atoms. The Morgan fingerprint density at radius 2 is 1.63 bits per heavy atom. The third-order valence-corrected chi connectivity index (χ3v) is 2.72. The molecule has 0 N–H and O–H groups in total. The Morgan fingerprint density at radius 3 is 2.26 bits per heavy atom. The van der Waals surface area contributed by atoms with E-state index in [4.69, 9.17) is 4.74 Å². The Labute approximate surface area is 107 Å². The zero-order valence-electron chi connectivity index (χ0n) is 9.96. The first-order valence-corrected chi connectivity index (χ1v) is 5.44. The quantitative estimate of drug-likeness (QED) is 0.742. The Morgan fingerprint density at radius 1 is 0.947 bits per heavy atom. The van der Waals surface area contributed by atoms with E-state index in [2.05, 4.69) is 0 Å². The van der Waals surface area contributed by atoms with Crippen LogP contribution in [0.25, 0.3) is 11.1 Å². The maximum atomic E-state index is 13.7. The van der Waals surface area contributed by atoms with Gasteiger partial charge in [0, 0.05) is 5.56 Å². The van der Waals surface area contributed by atoms with Crippen molar-refractivity contribution in [2.75, 3.05) is 7.11 Å². The summed E-state index contributed by atoms with van der Waals surface area (Å²) in [6, 6.07) is 7.04. The van der Waals surface area contributed by atoms with Crippen molar-refractivity contribution in [3.63, 3.8) is 0 Å². The van der Waals surface area contributed by atoms with Gasteiger partial charge in [-0.2, -0.15) is 0 Å². The molecule has 0 aliphatic rings. The summed E-state index contributed by atoms with van der Waals surface area (Å²) in [6.45, 7) is 0. The van der Waals surface area contributed by atoms with Crippen LogP contribution in [0.5, 0.6) is 5.75 Å². The van der Waals surface area contributed by atoms with Crippen LogP contribution >= 0.6 is 0 Å². The summed E-state index contributed by atoms with van der Waals surface area (Å²) in [5.74, 6) is -1.21. The van der Waals surface area contributed by atoms with E-state index in [0.29, 0.717) is 5.75 Å². The maximum absolute atomic E-state index is 13.7. The molecule has 0 saturated heterocycles. The van der Waals surface area contributed by atoms with E-state index in [1.165, 1.54) is 31.4 Å². The molecule has 0 amide bonds. The van der Waals surface area contributed by atoms with Crippen molar-refractivity contribution < 1.29 is 22.3 Å². The van der Waals surface area contributed by atoms with E-state index >= 15 is 0 Å². The Hall–Kier alpha value is -2.04. The van der Waals surface area contributed by atoms with Gasteiger partial charge in [-0.25, -0.2) is 17.6 Å². The highest BCUT2D eigenvalue weighted by atomic mass is 19.3. The van der Waals surface area contributed by atoms with Crippen molar-refractivity contribution in [1.29, 1.82) is 0 Å². The van der Waals surface area contributed by atoms with Gasteiger partial charge in [0.15, 0.2) is 0 Å². The number of ether oxygens (including phenoxy) is 1. The third-order valence-electron chi connectivity index (χ3n) is 2.72. The van der Waals surface area contributed by atoms with E-state index in [1.54, 1.807) is 0 Å². The van der Waals surface area contributed by atoms with Gasteiger partial charge < -0.3 is 4.74 Å². The molecule has 100 valence electrons. The minimum Gasteiger partial charge on any atom is -0.497 e. The average Bonchev–Trinajstić information content (AvgIpc) is 2.40. The highest BCUT2D eigenvalue weighted by Crippen LogP contribution is 2.31. The molecule has 0 atom stereocenters. The zero-order valence-corrected chi connectivity index (χ0v) is 9.96. The highest BCUT2D eigenvalue weighted by molar-refractivity contribution is 5.66. The summed E-state index contributed by atoms with van der Waals surface area (Å²) in [5.41, 5.74) is -0.492. The van der Waals surface area contributed by atoms with Gasteiger partial charge in [-0.1, -0.05) is 6.07 Å². The largest absolute Gasteiger partial charge is 0.497 e. The van der Waals surface area contributed by atoms with Crippen LogP contribution in [0.1, 0.15) is 12.0 Å². The standard InChI is InChI=1S/C14H10F4O/c1-19-9-3-5-12(15)10(7-9)8-2-4-13(16)11(6-8)14(17)18/h2-7,14H,1H3. The minimum atomic E-state index is -2.95. The molecule has 0 bridgehead atoms. The normalized spacial score (nSPS) is 10.8. The monoisotopic (exact) mass is 270 g/mol. The van der Waals surface area contributed by atoms with Crippen LogP contribution in [-0.4, -0.2) is 7.11 Å². The molecule has 2 rings (SSSR count). The van der Waals surface area contributed by atoms with Crippen LogP contribution in [0.2, 0.25) is 0 Å². The second-order valence-corrected chi connectivity index (χ2v) is 3.88. The van der Waals surface area contributed by atoms with E-state index in [9.17, 15) is 17.6 Å². The first-order chi connectivity index (χ1) is 9.02. The van der Waals surface area contributed by atoms with Crippen LogP contribution in [-0.2, 0) is 0 Å². The van der Waals surface area contributed by atoms with Crippen molar-refractivity contribution in [3.05, 3.63) is 53.6 Å². The Kier molecular flexibility index (Phi) is 3.74. The van der Waals surface area contributed by atoms with Crippen molar-refractivity contribution >= 4 is 0 Å². The van der Waals surface area contributed by atoms with Crippen molar-refractivity contribution in [3.8, 4) is 16.9 Å². The molecule has 2 aromatic rings. The van der Waals surface area contributed by atoms with Gasteiger partial charge in [-0.15, -0.1) is 0 Å². The van der Waals surface area contributed by atoms with E-state index in [0.717, 1.165) is 12.1 Å². The van der Waals surface area contributed by atoms with E-state index < -0.39 is 23.6 Å². The summed E-state index contributed by atoms with van der Waals surface area (Å²) >= 11 is 0. The average molecular weight is 270 g/mol. The second kappa shape index (κ2) is 5.30. The van der Waals surface area contributed by atoms with Crippen LogP contribution < -0.4 is 4.74 Å². The molecule has 2 aromatic carbocycles. The van der Waals surface area contributed by atoms with Gasteiger partial charge in [-0.3, -0.25) is 0 Å². The summed E-state index contributed by atoms with van der Waals surface area (Å²) in [6.07, 6.45) is -2.95. The Balaban J connectivity index is 2.55. The topological polar surface area (TPSA) is 9.23 Å². The summed E-state index contributed by atoms with van der Waals surface area (Å²) < 4.78 is 57.0. The molecule has 5 heteroatoms. The minimum absolute atomic E-state index is 0.0845. The van der Waals surface area contributed by atoms with Crippen molar-refractivity contribution in [2.24, 2.45) is 0 Å². The molecule has 0 unspecified atom stereocenters. The summed E-state index contributed by atoms with van der Waals surface area (Å²) in [7, 11) is 1.41. The predicted molar refractivity (Wildman–Crippen MR) is 63.3 cm³/mol. The zero-order chi connectivity index (χ0) is 14.0. The SMILES string of the molecule is COc1ccc(F)c(-c2ccc(F)c(C(F)F)c2)c1. The lowest BCUT2D eigenvalue weighted by molar-refractivity contribution is 0.146. The smallest absolute Gasteiger partial charge is 0.266 e. The van der Waals surface area contributed by atoms with Crippen molar-refractivity contribution in [1.82, 2.24) is 0 Å². The van der Waals surface area contributed by atoms with E-state index in [1.807, 2.05) is 0 Å². The summed E-state index contributed by atoms with van der Waals surface area (Å²) in [4.78, 5) is 0. The molecule has 0 aliphatic heterocycles. The van der Waals surface area contributed by atoms with Crippen LogP contribution in [0, 0.1) is 11.6 Å². The fourth-order valence-corrected chi connectivity index (χ4v) is 1.73. The molecule has 0 fully saturated rings. The van der Waals surface area contributed by atoms with Gasteiger partial charge in [0.05, 0.1) is 12.7 Å². The van der Waals surface area contributed by atoms with Gasteiger partial charge in [0.2, 0.25) is 0 Å². The summed E-state index contributed by atoms with van der Waals surface area (Å²) in [5, 5.41) is 0. The number of methoxy groups -OCH3 is 1. The highest BCUT2D eigenvalue weighted by Gasteiger charge is 2.16. The number of halogens is 4. The lowest BCUT2D eigenvalue weighted by atomic mass is 10.0. The third kappa shape index (κ3) is 2.70. The number of hydrogen-bond acceptors (Lipinski definition) is 1. The first kappa shape index (κ1) is 13.4. The molecule has 0 aliphatic carbocycles. The number of hydrogen-bond donors (Lipinski definition) is 0. The molecule has 0 radical (unpaired) electrons. The van der Waals surface area contributed by atoms with Gasteiger partial charge in [-0.05, 0) is 35.9 Å². The molecule has 0 spiro atoms. The fraction of sp³-hybridized carbons (Fsp3) is 0.143. The molecule has 1 nitrogen and oxygen atoms in total. The number of alkyl halides is 2. The molecule has 0 saturated carbocycles. The molecular formula is C14H10F4O. The first-order valence-electron chi connectivity index (χ1n) is 5.44. The van der Waals surface area contributed by atoms with Gasteiger partial charge in [0.1, 0.15) is 17.4 Å². The Bertz CT molecular complexity index is 596. The second-order valence-electron chi connectivity index (χ2n) is 3.88. The van der Waals surface area contributed by atoms with Crippen LogP contribution in [0.15, 0.2) is 36.4 Å². The molecular weight excluding hydrogens is 260 g/mol. The fourth-order valence-electron chi connectivity index (χ4n) is 1.73. The predicted octanol–water partition coefficient (Wildman–Crippen LogP) is 4.58. The van der Waals surface area contributed by atoms with Crippen LogP contribution in [0.3, 0.4) is 0 Å². The van der Waals surface area contributed by atoms with Crippen molar-refractivity contribution in [2.45, 2.75) is 6.43 Å². The lowest BCUT2D eigenvalue weighted by Crippen LogP contribution is -1.93. The maximum Gasteiger partial charge on any atom is 0.266 e. The molecule has 0 aromatic heterocycles.